The van der Waals surface area contributed by atoms with Gasteiger partial charge >= 0.3 is 6.03 Å². The molecule has 2 heterocycles. The lowest BCUT2D eigenvalue weighted by Gasteiger charge is -2.35. The summed E-state index contributed by atoms with van der Waals surface area (Å²) in [5.74, 6) is 0.648. The van der Waals surface area contributed by atoms with Gasteiger partial charge in [-0.25, -0.2) is 4.79 Å². The third-order valence-electron chi connectivity index (χ3n) is 6.09. The lowest BCUT2D eigenvalue weighted by Crippen LogP contribution is -2.51. The molecule has 2 unspecified atom stereocenters. The van der Waals surface area contributed by atoms with Crippen molar-refractivity contribution in [3.63, 3.8) is 0 Å². The van der Waals surface area contributed by atoms with E-state index in [0.717, 1.165) is 38.4 Å². The molecule has 2 saturated heterocycles. The third kappa shape index (κ3) is 6.49. The molecular weight excluding hydrogens is 519 g/mol. The number of carbonyl (C=O) groups excluding carboxylic acids is 2. The largest absolute Gasteiger partial charge is 0.369 e. The number of nitrogens with zero attached hydrogens (tertiary/aromatic N) is 3. The van der Waals surface area contributed by atoms with Gasteiger partial charge in [-0.3, -0.25) is 14.7 Å². The zero-order chi connectivity index (χ0) is 22.3. The van der Waals surface area contributed by atoms with Crippen LogP contribution in [0.4, 0.5) is 10.5 Å². The molecule has 2 fully saturated rings. The highest BCUT2D eigenvalue weighted by Gasteiger charge is 2.45. The first-order chi connectivity index (χ1) is 15.0. The van der Waals surface area contributed by atoms with Crippen molar-refractivity contribution in [2.45, 2.75) is 58.0 Å². The van der Waals surface area contributed by atoms with E-state index >= 15 is 0 Å². The number of imide groups is 1. The zero-order valence-corrected chi connectivity index (χ0v) is 21.7. The molecule has 0 spiro atoms. The van der Waals surface area contributed by atoms with Gasteiger partial charge in [0.05, 0.1) is 0 Å². The number of urea groups is 1. The van der Waals surface area contributed by atoms with E-state index in [1.165, 1.54) is 10.6 Å². The van der Waals surface area contributed by atoms with E-state index in [1.54, 1.807) is 6.92 Å². The van der Waals surface area contributed by atoms with Gasteiger partial charge in [-0.15, -0.1) is 24.0 Å². The van der Waals surface area contributed by atoms with E-state index in [-0.39, 0.29) is 35.9 Å². The van der Waals surface area contributed by atoms with Gasteiger partial charge in [0, 0.05) is 44.5 Å². The molecule has 0 saturated carbocycles. The third-order valence-corrected chi connectivity index (χ3v) is 6.09. The number of hydrogen-bond donors (Lipinski definition) is 3. The van der Waals surface area contributed by atoms with E-state index in [1.807, 2.05) is 19.9 Å². The Balaban J connectivity index is 0.00000363. The van der Waals surface area contributed by atoms with Crippen LogP contribution in [-0.2, 0) is 4.79 Å². The molecule has 178 valence electrons. The number of anilines is 1. The molecule has 0 radical (unpaired) electrons. The maximum absolute atomic E-state index is 12.5. The Morgan fingerprint density at radius 2 is 2.00 bits per heavy atom. The Morgan fingerprint density at radius 1 is 1.25 bits per heavy atom. The second kappa shape index (κ2) is 12.3. The van der Waals surface area contributed by atoms with Gasteiger partial charge in [0.25, 0.3) is 5.91 Å². The Kier molecular flexibility index (Phi) is 10.0. The summed E-state index contributed by atoms with van der Waals surface area (Å²) in [6.45, 7) is 9.45. The smallest absolute Gasteiger partial charge is 0.325 e. The number of para-hydroxylation sites is 1. The molecule has 3 N–H and O–H groups in total. The molecular formula is C23H37IN6O2. The molecule has 8 nitrogen and oxygen atoms in total. The summed E-state index contributed by atoms with van der Waals surface area (Å²) in [4.78, 5) is 33.0. The lowest BCUT2D eigenvalue weighted by molar-refractivity contribution is -0.130. The number of hydrogen-bond acceptors (Lipinski definition) is 4. The average molecular weight is 556 g/mol. The van der Waals surface area contributed by atoms with Crippen molar-refractivity contribution in [3.8, 4) is 0 Å². The molecule has 3 amide bonds. The van der Waals surface area contributed by atoms with Crippen molar-refractivity contribution in [1.82, 2.24) is 20.9 Å². The Bertz CT molecular complexity index is 790. The Labute approximate surface area is 208 Å². The monoisotopic (exact) mass is 556 g/mol. The number of guanidine groups is 1. The van der Waals surface area contributed by atoms with Crippen molar-refractivity contribution in [2.75, 3.05) is 37.6 Å². The molecule has 32 heavy (non-hydrogen) atoms. The highest BCUT2D eigenvalue weighted by Crippen LogP contribution is 2.21. The lowest BCUT2D eigenvalue weighted by atomic mass is 9.99. The highest BCUT2D eigenvalue weighted by molar-refractivity contribution is 14.0. The standard InChI is InChI=1S/C23H36N6O2.HI/c1-4-23(3)20(30)29(22(31)27-23)16-10-14-25-21(24-5-2)26-18-11-9-15-28(17-18)19-12-7-6-8-13-19;/h6-8,12-13,18H,4-5,9-11,14-17H2,1-3H3,(H,27,31)(H2,24,25,26);1H. The molecule has 9 heteroatoms. The summed E-state index contributed by atoms with van der Waals surface area (Å²) in [5, 5.41) is 9.67. The zero-order valence-electron chi connectivity index (χ0n) is 19.4. The first-order valence-electron chi connectivity index (χ1n) is 11.5. The highest BCUT2D eigenvalue weighted by atomic mass is 127. The van der Waals surface area contributed by atoms with Crippen LogP contribution in [0.15, 0.2) is 35.3 Å². The van der Waals surface area contributed by atoms with Crippen LogP contribution in [0.2, 0.25) is 0 Å². The summed E-state index contributed by atoms with van der Waals surface area (Å²) in [7, 11) is 0. The van der Waals surface area contributed by atoms with Crippen LogP contribution < -0.4 is 20.9 Å². The van der Waals surface area contributed by atoms with E-state index in [2.05, 4.69) is 50.1 Å². The second-order valence-electron chi connectivity index (χ2n) is 8.45. The Morgan fingerprint density at radius 3 is 2.66 bits per heavy atom. The molecule has 2 aliphatic heterocycles. The normalized spacial score (nSPS) is 23.6. The predicted octanol–water partition coefficient (Wildman–Crippen LogP) is 2.94. The number of benzene rings is 1. The minimum atomic E-state index is -0.775. The van der Waals surface area contributed by atoms with Gasteiger partial charge in [0.15, 0.2) is 5.96 Å². The molecule has 1 aromatic rings. The summed E-state index contributed by atoms with van der Waals surface area (Å²) < 4.78 is 0. The number of rotatable bonds is 8. The minimum Gasteiger partial charge on any atom is -0.369 e. The van der Waals surface area contributed by atoms with Crippen LogP contribution in [0.5, 0.6) is 0 Å². The topological polar surface area (TPSA) is 89.1 Å². The van der Waals surface area contributed by atoms with Gasteiger partial charge in [-0.05, 0) is 51.7 Å². The van der Waals surface area contributed by atoms with Crippen LogP contribution in [-0.4, -0.2) is 67.1 Å². The maximum Gasteiger partial charge on any atom is 0.325 e. The van der Waals surface area contributed by atoms with Crippen molar-refractivity contribution in [1.29, 1.82) is 0 Å². The van der Waals surface area contributed by atoms with E-state index in [9.17, 15) is 9.59 Å². The maximum atomic E-state index is 12.5. The Hall–Kier alpha value is -2.04. The first kappa shape index (κ1) is 26.2. The number of aliphatic imine (C=N–C) groups is 1. The quantitative estimate of drug-likeness (QED) is 0.151. The van der Waals surface area contributed by atoms with Crippen molar-refractivity contribution in [3.05, 3.63) is 30.3 Å². The molecule has 0 bridgehead atoms. The van der Waals surface area contributed by atoms with Crippen molar-refractivity contribution < 1.29 is 9.59 Å². The molecule has 2 atom stereocenters. The minimum absolute atomic E-state index is 0. The molecule has 0 aromatic heterocycles. The summed E-state index contributed by atoms with van der Waals surface area (Å²) in [5.41, 5.74) is 0.478. The van der Waals surface area contributed by atoms with Crippen LogP contribution in [0.1, 0.15) is 46.5 Å². The number of nitrogens with one attached hydrogen (secondary N) is 3. The van der Waals surface area contributed by atoms with Crippen LogP contribution in [0.3, 0.4) is 0 Å². The van der Waals surface area contributed by atoms with Gasteiger partial charge in [0.1, 0.15) is 5.54 Å². The van der Waals surface area contributed by atoms with Crippen molar-refractivity contribution >= 4 is 47.6 Å². The molecule has 3 rings (SSSR count). The van der Waals surface area contributed by atoms with Crippen LogP contribution in [0, 0.1) is 0 Å². The molecule has 1 aromatic carbocycles. The number of piperidine rings is 1. The number of amides is 3. The number of carbonyl (C=O) groups is 2. The van der Waals surface area contributed by atoms with Crippen LogP contribution >= 0.6 is 24.0 Å². The van der Waals surface area contributed by atoms with Gasteiger partial charge in [-0.1, -0.05) is 25.1 Å². The fourth-order valence-corrected chi connectivity index (χ4v) is 4.09. The van der Waals surface area contributed by atoms with Gasteiger partial charge in [0.2, 0.25) is 0 Å². The molecule has 0 aliphatic carbocycles. The number of halogens is 1. The van der Waals surface area contributed by atoms with E-state index in [0.29, 0.717) is 32.0 Å². The molecule has 2 aliphatic rings. The fourth-order valence-electron chi connectivity index (χ4n) is 4.09. The SMILES string of the molecule is CCNC(=NCCCN1C(=O)NC(C)(CC)C1=O)NC1CCCN(c2ccccc2)C1.I. The predicted molar refractivity (Wildman–Crippen MR) is 140 cm³/mol. The second-order valence-corrected chi connectivity index (χ2v) is 8.45. The van der Waals surface area contributed by atoms with Crippen molar-refractivity contribution in [2.24, 2.45) is 4.99 Å². The van der Waals surface area contributed by atoms with Crippen LogP contribution in [0.25, 0.3) is 0 Å². The van der Waals surface area contributed by atoms with Gasteiger partial charge < -0.3 is 20.9 Å². The van der Waals surface area contributed by atoms with Gasteiger partial charge in [-0.2, -0.15) is 0 Å². The summed E-state index contributed by atoms with van der Waals surface area (Å²) >= 11 is 0. The van der Waals surface area contributed by atoms with E-state index in [4.69, 9.17) is 0 Å². The average Bonchev–Trinajstić information content (AvgIpc) is 3.00. The van der Waals surface area contributed by atoms with E-state index < -0.39 is 5.54 Å². The summed E-state index contributed by atoms with van der Waals surface area (Å²) in [6.07, 6.45) is 3.46. The summed E-state index contributed by atoms with van der Waals surface area (Å²) in [6, 6.07) is 10.5. The first-order valence-corrected chi connectivity index (χ1v) is 11.5. The fraction of sp³-hybridized carbons (Fsp3) is 0.609.